The molecule has 0 aliphatic heterocycles. The van der Waals surface area contributed by atoms with Crippen molar-refractivity contribution in [3.8, 4) is 0 Å². The molecule has 1 aromatic rings. The van der Waals surface area contributed by atoms with Gasteiger partial charge in [-0.1, -0.05) is 32.1 Å². The van der Waals surface area contributed by atoms with Gasteiger partial charge >= 0.3 is 0 Å². The van der Waals surface area contributed by atoms with Gasteiger partial charge < -0.3 is 27.1 Å². The standard InChI is InChI=1S/C18H30N6O3/c19-7-6-16(25)23-15(9-13-10-21-11-22-13)18(27)24-14(17(20)26)8-12-4-2-1-3-5-12/h10-12,14-15H,1-9,19H2,(H2,20,26)(H,21,22)(H,23,25)(H,24,27). The van der Waals surface area contributed by atoms with Crippen LogP contribution in [0.5, 0.6) is 0 Å². The van der Waals surface area contributed by atoms with Crippen LogP contribution in [0.2, 0.25) is 0 Å². The maximum Gasteiger partial charge on any atom is 0.243 e. The quantitative estimate of drug-likeness (QED) is 0.379. The van der Waals surface area contributed by atoms with Gasteiger partial charge in [-0.05, 0) is 12.3 Å². The summed E-state index contributed by atoms with van der Waals surface area (Å²) in [5.74, 6) is -0.924. The monoisotopic (exact) mass is 378 g/mol. The Bertz CT molecular complexity index is 613. The van der Waals surface area contributed by atoms with Crippen LogP contribution in [-0.4, -0.2) is 46.3 Å². The predicted octanol–water partition coefficient (Wildman–Crippen LogP) is -0.274. The van der Waals surface area contributed by atoms with Crippen LogP contribution < -0.4 is 22.1 Å². The lowest BCUT2D eigenvalue weighted by Gasteiger charge is -2.27. The Kier molecular flexibility index (Phi) is 8.25. The summed E-state index contributed by atoms with van der Waals surface area (Å²) < 4.78 is 0. The van der Waals surface area contributed by atoms with E-state index in [1.165, 1.54) is 12.7 Å². The van der Waals surface area contributed by atoms with Crippen LogP contribution in [0.3, 0.4) is 0 Å². The molecule has 1 aromatic heterocycles. The van der Waals surface area contributed by atoms with E-state index in [9.17, 15) is 14.4 Å². The molecule has 2 unspecified atom stereocenters. The number of carbonyl (C=O) groups is 3. The third-order valence-electron chi connectivity index (χ3n) is 4.96. The Morgan fingerprint density at radius 3 is 2.52 bits per heavy atom. The molecule has 1 aliphatic rings. The molecule has 150 valence electrons. The summed E-state index contributed by atoms with van der Waals surface area (Å²) in [6.07, 6.45) is 9.56. The number of hydrogen-bond acceptors (Lipinski definition) is 5. The van der Waals surface area contributed by atoms with Gasteiger partial charge in [0.1, 0.15) is 12.1 Å². The molecule has 27 heavy (non-hydrogen) atoms. The van der Waals surface area contributed by atoms with Crippen LogP contribution in [0.25, 0.3) is 0 Å². The molecule has 3 amide bonds. The SMILES string of the molecule is NCCC(=O)NC(Cc1cnc[nH]1)C(=O)NC(CC1CCCCC1)C(N)=O. The van der Waals surface area contributed by atoms with Gasteiger partial charge in [-0.2, -0.15) is 0 Å². The van der Waals surface area contributed by atoms with Crippen molar-refractivity contribution in [3.63, 3.8) is 0 Å². The number of carbonyl (C=O) groups excluding carboxylic acids is 3. The van der Waals surface area contributed by atoms with Crippen LogP contribution in [0.4, 0.5) is 0 Å². The number of nitrogens with one attached hydrogen (secondary N) is 3. The van der Waals surface area contributed by atoms with Gasteiger partial charge in [0.25, 0.3) is 0 Å². The molecule has 9 heteroatoms. The van der Waals surface area contributed by atoms with Crippen LogP contribution in [0.15, 0.2) is 12.5 Å². The molecule has 2 atom stereocenters. The lowest BCUT2D eigenvalue weighted by Crippen LogP contribution is -2.54. The molecule has 0 radical (unpaired) electrons. The zero-order valence-corrected chi connectivity index (χ0v) is 15.6. The Balaban J connectivity index is 2.01. The minimum absolute atomic E-state index is 0.119. The molecule has 1 saturated carbocycles. The normalized spacial score (nSPS) is 17.1. The molecule has 1 aliphatic carbocycles. The molecule has 2 rings (SSSR count). The molecule has 7 N–H and O–H groups in total. The average Bonchev–Trinajstić information content (AvgIpc) is 3.14. The number of aromatic amines is 1. The number of imidazole rings is 1. The third kappa shape index (κ3) is 7.01. The fraction of sp³-hybridized carbons (Fsp3) is 0.667. The molecule has 0 saturated heterocycles. The lowest BCUT2D eigenvalue weighted by molar-refractivity contribution is -0.131. The molecular weight excluding hydrogens is 348 g/mol. The Hall–Kier alpha value is -2.42. The molecule has 0 spiro atoms. The number of aromatic nitrogens is 2. The summed E-state index contributed by atoms with van der Waals surface area (Å²) >= 11 is 0. The van der Waals surface area contributed by atoms with Crippen molar-refractivity contribution in [1.29, 1.82) is 0 Å². The predicted molar refractivity (Wildman–Crippen MR) is 100 cm³/mol. The van der Waals surface area contributed by atoms with E-state index >= 15 is 0 Å². The highest BCUT2D eigenvalue weighted by atomic mass is 16.2. The number of H-pyrrole nitrogens is 1. The van der Waals surface area contributed by atoms with E-state index in [-0.39, 0.29) is 25.3 Å². The van der Waals surface area contributed by atoms with E-state index in [1.54, 1.807) is 6.20 Å². The number of primary amides is 1. The first-order valence-corrected chi connectivity index (χ1v) is 9.56. The summed E-state index contributed by atoms with van der Waals surface area (Å²) in [6.45, 7) is 0.190. The number of hydrogen-bond donors (Lipinski definition) is 5. The Labute approximate surface area is 159 Å². The maximum atomic E-state index is 12.8. The van der Waals surface area contributed by atoms with E-state index in [1.807, 2.05) is 0 Å². The topological polar surface area (TPSA) is 156 Å². The molecule has 1 heterocycles. The number of rotatable bonds is 10. The summed E-state index contributed by atoms with van der Waals surface area (Å²) in [5, 5.41) is 5.40. The summed E-state index contributed by atoms with van der Waals surface area (Å²) in [4.78, 5) is 43.4. The van der Waals surface area contributed by atoms with E-state index in [4.69, 9.17) is 11.5 Å². The fourth-order valence-corrected chi connectivity index (χ4v) is 3.50. The number of nitrogens with zero attached hydrogens (tertiary/aromatic N) is 1. The Morgan fingerprint density at radius 1 is 1.19 bits per heavy atom. The average molecular weight is 378 g/mol. The molecule has 0 bridgehead atoms. The summed E-state index contributed by atoms with van der Waals surface area (Å²) in [5.41, 5.74) is 11.6. The lowest BCUT2D eigenvalue weighted by atomic mass is 9.84. The smallest absolute Gasteiger partial charge is 0.243 e. The van der Waals surface area contributed by atoms with Crippen LogP contribution >= 0.6 is 0 Å². The minimum atomic E-state index is -0.835. The first-order chi connectivity index (χ1) is 13.0. The van der Waals surface area contributed by atoms with Crippen molar-refractivity contribution in [2.24, 2.45) is 17.4 Å². The van der Waals surface area contributed by atoms with Gasteiger partial charge in [0.2, 0.25) is 17.7 Å². The van der Waals surface area contributed by atoms with E-state index in [0.717, 1.165) is 25.7 Å². The Morgan fingerprint density at radius 2 is 1.93 bits per heavy atom. The van der Waals surface area contributed by atoms with Gasteiger partial charge in [-0.25, -0.2) is 4.98 Å². The third-order valence-corrected chi connectivity index (χ3v) is 4.96. The number of amides is 3. The minimum Gasteiger partial charge on any atom is -0.368 e. The molecular formula is C18H30N6O3. The molecule has 9 nitrogen and oxygen atoms in total. The van der Waals surface area contributed by atoms with Gasteiger partial charge in [0.15, 0.2) is 0 Å². The van der Waals surface area contributed by atoms with Crippen molar-refractivity contribution in [2.45, 2.75) is 63.5 Å². The van der Waals surface area contributed by atoms with Gasteiger partial charge in [-0.3, -0.25) is 14.4 Å². The summed E-state index contributed by atoms with van der Waals surface area (Å²) in [6, 6.07) is -1.58. The van der Waals surface area contributed by atoms with Gasteiger partial charge in [-0.15, -0.1) is 0 Å². The van der Waals surface area contributed by atoms with Gasteiger partial charge in [0, 0.05) is 31.3 Å². The zero-order chi connectivity index (χ0) is 19.6. The van der Waals surface area contributed by atoms with E-state index in [2.05, 4.69) is 20.6 Å². The second kappa shape index (κ2) is 10.7. The van der Waals surface area contributed by atoms with Crippen LogP contribution in [-0.2, 0) is 20.8 Å². The maximum absolute atomic E-state index is 12.8. The van der Waals surface area contributed by atoms with Crippen molar-refractivity contribution in [1.82, 2.24) is 20.6 Å². The van der Waals surface area contributed by atoms with E-state index in [0.29, 0.717) is 18.0 Å². The highest BCUT2D eigenvalue weighted by Gasteiger charge is 2.28. The zero-order valence-electron chi connectivity index (χ0n) is 15.6. The van der Waals surface area contributed by atoms with Crippen LogP contribution in [0, 0.1) is 5.92 Å². The molecule has 1 fully saturated rings. The largest absolute Gasteiger partial charge is 0.368 e. The van der Waals surface area contributed by atoms with Crippen LogP contribution in [0.1, 0.15) is 50.6 Å². The first kappa shape index (κ1) is 20.9. The van der Waals surface area contributed by atoms with Crippen molar-refractivity contribution in [3.05, 3.63) is 18.2 Å². The fourth-order valence-electron chi connectivity index (χ4n) is 3.50. The first-order valence-electron chi connectivity index (χ1n) is 9.56. The number of nitrogens with two attached hydrogens (primary N) is 2. The van der Waals surface area contributed by atoms with Crippen molar-refractivity contribution in [2.75, 3.05) is 6.54 Å². The van der Waals surface area contributed by atoms with Crippen molar-refractivity contribution >= 4 is 17.7 Å². The highest BCUT2D eigenvalue weighted by Crippen LogP contribution is 2.27. The van der Waals surface area contributed by atoms with E-state index < -0.39 is 23.9 Å². The van der Waals surface area contributed by atoms with Gasteiger partial charge in [0.05, 0.1) is 6.33 Å². The summed E-state index contributed by atoms with van der Waals surface area (Å²) in [7, 11) is 0. The molecule has 0 aromatic carbocycles. The second-order valence-electron chi connectivity index (χ2n) is 7.14. The highest BCUT2D eigenvalue weighted by molar-refractivity contribution is 5.91. The second-order valence-corrected chi connectivity index (χ2v) is 7.14. The van der Waals surface area contributed by atoms with Crippen molar-refractivity contribution < 1.29 is 14.4 Å².